The van der Waals surface area contributed by atoms with Crippen LogP contribution in [0.25, 0.3) is 0 Å². The predicted molar refractivity (Wildman–Crippen MR) is 76.4 cm³/mol. The van der Waals surface area contributed by atoms with Crippen molar-refractivity contribution in [3.05, 3.63) is 36.2 Å². The third kappa shape index (κ3) is 2.58. The van der Waals surface area contributed by atoms with Gasteiger partial charge in [-0.05, 0) is 17.7 Å². The van der Waals surface area contributed by atoms with Crippen LogP contribution in [0.5, 0.6) is 11.6 Å². The van der Waals surface area contributed by atoms with Gasteiger partial charge in [0, 0.05) is 6.42 Å². The molecule has 3 rings (SSSR count). The molecule has 1 aliphatic rings. The molecular formula is C14H14N4O3. The number of nitrogens with one attached hydrogen (secondary N) is 2. The number of phenols is 1. The number of phenolic OH excluding ortho intramolecular Hbond substituents is 1. The van der Waals surface area contributed by atoms with Crippen LogP contribution in [0.3, 0.4) is 0 Å². The number of carbonyl (C=O) groups is 1. The van der Waals surface area contributed by atoms with Gasteiger partial charge < -0.3 is 20.5 Å². The lowest BCUT2D eigenvalue weighted by atomic mass is 10.0. The van der Waals surface area contributed by atoms with E-state index in [0.717, 1.165) is 5.56 Å². The minimum atomic E-state index is -0.443. The van der Waals surface area contributed by atoms with Gasteiger partial charge in [-0.2, -0.15) is 4.98 Å². The number of nitrogens with zero attached hydrogens (tertiary/aromatic N) is 2. The first-order chi connectivity index (χ1) is 10.2. The van der Waals surface area contributed by atoms with Crippen molar-refractivity contribution in [2.45, 2.75) is 12.5 Å². The number of amides is 1. The van der Waals surface area contributed by atoms with Crippen molar-refractivity contribution in [2.75, 3.05) is 17.7 Å². The van der Waals surface area contributed by atoms with Crippen LogP contribution in [-0.2, 0) is 11.2 Å². The number of hydrogen-bond donors (Lipinski definition) is 3. The minimum absolute atomic E-state index is 0.177. The molecule has 7 heteroatoms. The smallest absolute Gasteiger partial charge is 0.247 e. The van der Waals surface area contributed by atoms with Crippen LogP contribution in [0.1, 0.15) is 5.56 Å². The SMILES string of the molecule is COc1ncnc2c1NC(=O)C(Cc1ccc(O)cc1)N2. The van der Waals surface area contributed by atoms with Gasteiger partial charge >= 0.3 is 0 Å². The Kier molecular flexibility index (Phi) is 3.31. The Morgan fingerprint density at radius 1 is 1.29 bits per heavy atom. The fourth-order valence-corrected chi connectivity index (χ4v) is 2.20. The standard InChI is InChI=1S/C14H14N4O3/c1-21-14-11-12(15-7-16-14)17-10(13(20)18-11)6-8-2-4-9(19)5-3-8/h2-5,7,10,19H,6H2,1H3,(H,18,20)(H,15,16,17). The number of fused-ring (bicyclic) bond motifs is 1. The zero-order valence-electron chi connectivity index (χ0n) is 11.3. The van der Waals surface area contributed by atoms with Crippen molar-refractivity contribution in [3.63, 3.8) is 0 Å². The summed E-state index contributed by atoms with van der Waals surface area (Å²) in [6.07, 6.45) is 1.86. The van der Waals surface area contributed by atoms with Crippen LogP contribution in [0, 0.1) is 0 Å². The largest absolute Gasteiger partial charge is 0.508 e. The number of methoxy groups -OCH3 is 1. The Hall–Kier alpha value is -2.83. The van der Waals surface area contributed by atoms with Crippen molar-refractivity contribution in [3.8, 4) is 11.6 Å². The number of ether oxygens (including phenoxy) is 1. The van der Waals surface area contributed by atoms with E-state index in [1.807, 2.05) is 0 Å². The number of anilines is 2. The third-order valence-corrected chi connectivity index (χ3v) is 3.26. The molecule has 0 radical (unpaired) electrons. The lowest BCUT2D eigenvalue weighted by Crippen LogP contribution is -2.41. The monoisotopic (exact) mass is 286 g/mol. The molecule has 0 bridgehead atoms. The summed E-state index contributed by atoms with van der Waals surface area (Å²) in [6, 6.07) is 6.30. The summed E-state index contributed by atoms with van der Waals surface area (Å²) in [5.41, 5.74) is 1.39. The van der Waals surface area contributed by atoms with Crippen molar-refractivity contribution >= 4 is 17.4 Å². The molecule has 0 fully saturated rings. The first-order valence-electron chi connectivity index (χ1n) is 6.41. The van der Waals surface area contributed by atoms with Crippen LogP contribution in [-0.4, -0.2) is 34.1 Å². The van der Waals surface area contributed by atoms with Crippen LogP contribution in [0.4, 0.5) is 11.5 Å². The number of aromatic hydroxyl groups is 1. The van der Waals surface area contributed by atoms with Crippen molar-refractivity contribution in [2.24, 2.45) is 0 Å². The molecule has 21 heavy (non-hydrogen) atoms. The Morgan fingerprint density at radius 3 is 2.76 bits per heavy atom. The first-order valence-corrected chi connectivity index (χ1v) is 6.41. The van der Waals surface area contributed by atoms with Crippen molar-refractivity contribution in [1.29, 1.82) is 0 Å². The lowest BCUT2D eigenvalue weighted by molar-refractivity contribution is -0.117. The molecule has 1 aromatic carbocycles. The molecule has 0 aliphatic carbocycles. The van der Waals surface area contributed by atoms with E-state index in [1.165, 1.54) is 13.4 Å². The number of aromatic nitrogens is 2. The van der Waals surface area contributed by atoms with Gasteiger partial charge in [0.25, 0.3) is 0 Å². The van der Waals surface area contributed by atoms with E-state index in [9.17, 15) is 9.90 Å². The van der Waals surface area contributed by atoms with Gasteiger partial charge in [0.15, 0.2) is 5.82 Å². The van der Waals surface area contributed by atoms with E-state index < -0.39 is 6.04 Å². The van der Waals surface area contributed by atoms with Gasteiger partial charge in [0.2, 0.25) is 11.8 Å². The third-order valence-electron chi connectivity index (χ3n) is 3.26. The van der Waals surface area contributed by atoms with E-state index in [1.54, 1.807) is 24.3 Å². The molecule has 0 saturated carbocycles. The summed E-state index contributed by atoms with van der Waals surface area (Å²) in [6.45, 7) is 0. The maximum atomic E-state index is 12.2. The van der Waals surface area contributed by atoms with Gasteiger partial charge in [-0.25, -0.2) is 4.98 Å². The van der Waals surface area contributed by atoms with Crippen molar-refractivity contribution < 1.29 is 14.6 Å². The van der Waals surface area contributed by atoms with E-state index in [-0.39, 0.29) is 11.7 Å². The second kappa shape index (κ2) is 5.28. The zero-order valence-corrected chi connectivity index (χ0v) is 11.3. The number of carbonyl (C=O) groups excluding carboxylic acids is 1. The Balaban J connectivity index is 1.82. The second-order valence-electron chi connectivity index (χ2n) is 4.66. The maximum Gasteiger partial charge on any atom is 0.247 e. The minimum Gasteiger partial charge on any atom is -0.508 e. The fraction of sp³-hybridized carbons (Fsp3) is 0.214. The average molecular weight is 286 g/mol. The van der Waals surface area contributed by atoms with Gasteiger partial charge in [-0.3, -0.25) is 4.79 Å². The van der Waals surface area contributed by atoms with E-state index in [0.29, 0.717) is 23.8 Å². The molecule has 108 valence electrons. The van der Waals surface area contributed by atoms with Crippen LogP contribution in [0.2, 0.25) is 0 Å². The van der Waals surface area contributed by atoms with Gasteiger partial charge in [-0.1, -0.05) is 12.1 Å². The van der Waals surface area contributed by atoms with E-state index in [2.05, 4.69) is 20.6 Å². The number of rotatable bonds is 3. The number of benzene rings is 1. The van der Waals surface area contributed by atoms with Crippen LogP contribution in [0.15, 0.2) is 30.6 Å². The summed E-state index contributed by atoms with van der Waals surface area (Å²) >= 11 is 0. The molecule has 1 atom stereocenters. The summed E-state index contributed by atoms with van der Waals surface area (Å²) < 4.78 is 5.09. The summed E-state index contributed by atoms with van der Waals surface area (Å²) in [7, 11) is 1.48. The Labute approximate surface area is 121 Å². The quantitative estimate of drug-likeness (QED) is 0.783. The van der Waals surface area contributed by atoms with E-state index in [4.69, 9.17) is 4.74 Å². The molecule has 1 unspecified atom stereocenters. The van der Waals surface area contributed by atoms with Crippen LogP contribution < -0.4 is 15.4 Å². The van der Waals surface area contributed by atoms with Crippen molar-refractivity contribution in [1.82, 2.24) is 9.97 Å². The summed E-state index contributed by atoms with van der Waals surface area (Å²) in [5, 5.41) is 15.1. The van der Waals surface area contributed by atoms with Gasteiger partial charge in [0.05, 0.1) is 7.11 Å². The second-order valence-corrected chi connectivity index (χ2v) is 4.66. The van der Waals surface area contributed by atoms with Gasteiger partial charge in [-0.15, -0.1) is 0 Å². The zero-order chi connectivity index (χ0) is 14.8. The molecule has 3 N–H and O–H groups in total. The lowest BCUT2D eigenvalue weighted by Gasteiger charge is -2.26. The molecular weight excluding hydrogens is 272 g/mol. The molecule has 1 aromatic heterocycles. The molecule has 0 spiro atoms. The summed E-state index contributed by atoms with van der Waals surface area (Å²) in [4.78, 5) is 20.2. The van der Waals surface area contributed by atoms with Crippen LogP contribution >= 0.6 is 0 Å². The normalized spacial score (nSPS) is 16.6. The molecule has 2 heterocycles. The fourth-order valence-electron chi connectivity index (χ4n) is 2.20. The van der Waals surface area contributed by atoms with Gasteiger partial charge in [0.1, 0.15) is 23.8 Å². The predicted octanol–water partition coefficient (Wildman–Crippen LogP) is 1.17. The highest BCUT2D eigenvalue weighted by Gasteiger charge is 2.29. The highest BCUT2D eigenvalue weighted by molar-refractivity contribution is 6.03. The highest BCUT2D eigenvalue weighted by atomic mass is 16.5. The average Bonchev–Trinajstić information content (AvgIpc) is 2.50. The molecule has 2 aromatic rings. The Morgan fingerprint density at radius 2 is 2.05 bits per heavy atom. The number of hydrogen-bond acceptors (Lipinski definition) is 6. The Bertz CT molecular complexity index is 672. The molecule has 0 saturated heterocycles. The maximum absolute atomic E-state index is 12.2. The first kappa shape index (κ1) is 13.2. The molecule has 7 nitrogen and oxygen atoms in total. The highest BCUT2D eigenvalue weighted by Crippen LogP contribution is 2.32. The molecule has 1 aliphatic heterocycles. The summed E-state index contributed by atoms with van der Waals surface area (Å²) in [5.74, 6) is 0.875. The molecule has 1 amide bonds. The van der Waals surface area contributed by atoms with E-state index >= 15 is 0 Å². The topological polar surface area (TPSA) is 96.4 Å².